The summed E-state index contributed by atoms with van der Waals surface area (Å²) in [5.74, 6) is -0.541. The number of aryl methyl sites for hydroxylation is 1. The second-order valence-electron chi connectivity index (χ2n) is 6.38. The van der Waals surface area contributed by atoms with Crippen molar-refractivity contribution < 1.29 is 14.4 Å². The Morgan fingerprint density at radius 1 is 1.00 bits per heavy atom. The van der Waals surface area contributed by atoms with Crippen LogP contribution in [0.25, 0.3) is 0 Å². The standard InChI is InChI=1S/C20H20N4O3S2/c1-12-5-6-14(21-13(2)25)8-17(12)23-18(26)9-15-11-29-20(22-15)24-19(27)10-16-4-3-7-28-16/h3-8,11H,9-10H2,1-2H3,(H,21,25)(H,23,26)(H,22,24,27). The van der Waals surface area contributed by atoms with Gasteiger partial charge in [-0.1, -0.05) is 12.1 Å². The lowest BCUT2D eigenvalue weighted by Gasteiger charge is -2.10. The van der Waals surface area contributed by atoms with E-state index in [0.29, 0.717) is 28.6 Å². The molecule has 0 aliphatic rings. The molecule has 9 heteroatoms. The molecule has 2 heterocycles. The molecule has 2 aromatic heterocycles. The van der Waals surface area contributed by atoms with Gasteiger partial charge in [0.05, 0.1) is 18.5 Å². The number of nitrogens with zero attached hydrogens (tertiary/aromatic N) is 1. The Bertz CT molecular complexity index is 1030. The third kappa shape index (κ3) is 6.23. The van der Waals surface area contributed by atoms with Crippen molar-refractivity contribution in [2.24, 2.45) is 0 Å². The summed E-state index contributed by atoms with van der Waals surface area (Å²) < 4.78 is 0. The monoisotopic (exact) mass is 428 g/mol. The van der Waals surface area contributed by atoms with E-state index < -0.39 is 0 Å². The number of thiazole rings is 1. The van der Waals surface area contributed by atoms with Crippen LogP contribution in [0.5, 0.6) is 0 Å². The average Bonchev–Trinajstić information content (AvgIpc) is 3.29. The van der Waals surface area contributed by atoms with E-state index in [2.05, 4.69) is 20.9 Å². The van der Waals surface area contributed by atoms with E-state index in [4.69, 9.17) is 0 Å². The molecule has 0 spiro atoms. The summed E-state index contributed by atoms with van der Waals surface area (Å²) >= 11 is 2.81. The number of anilines is 3. The SMILES string of the molecule is CC(=O)Nc1ccc(C)c(NC(=O)Cc2csc(NC(=O)Cc3cccs3)n2)c1. The Morgan fingerprint density at radius 3 is 2.52 bits per heavy atom. The summed E-state index contributed by atoms with van der Waals surface area (Å²) in [5.41, 5.74) is 2.70. The summed E-state index contributed by atoms with van der Waals surface area (Å²) in [4.78, 5) is 40.9. The lowest BCUT2D eigenvalue weighted by atomic mass is 10.1. The molecule has 0 radical (unpaired) electrons. The molecule has 150 valence electrons. The molecule has 7 nitrogen and oxygen atoms in total. The van der Waals surface area contributed by atoms with E-state index >= 15 is 0 Å². The van der Waals surface area contributed by atoms with Crippen LogP contribution >= 0.6 is 22.7 Å². The molecule has 0 aliphatic carbocycles. The van der Waals surface area contributed by atoms with Crippen LogP contribution < -0.4 is 16.0 Å². The maximum absolute atomic E-state index is 12.4. The highest BCUT2D eigenvalue weighted by Gasteiger charge is 2.12. The highest BCUT2D eigenvalue weighted by molar-refractivity contribution is 7.14. The van der Waals surface area contributed by atoms with E-state index in [1.165, 1.54) is 29.6 Å². The van der Waals surface area contributed by atoms with E-state index in [9.17, 15) is 14.4 Å². The van der Waals surface area contributed by atoms with Crippen molar-refractivity contribution in [2.75, 3.05) is 16.0 Å². The fourth-order valence-corrected chi connectivity index (χ4v) is 4.01. The van der Waals surface area contributed by atoms with Crippen molar-refractivity contribution in [2.45, 2.75) is 26.7 Å². The maximum Gasteiger partial charge on any atom is 0.231 e. The molecule has 0 saturated carbocycles. The highest BCUT2D eigenvalue weighted by Crippen LogP contribution is 2.21. The Balaban J connectivity index is 1.56. The zero-order valence-electron chi connectivity index (χ0n) is 15.9. The Morgan fingerprint density at radius 2 is 1.79 bits per heavy atom. The van der Waals surface area contributed by atoms with Gasteiger partial charge in [0.15, 0.2) is 5.13 Å². The Kier molecular flexibility index (Phi) is 6.73. The molecule has 3 N–H and O–H groups in total. The van der Waals surface area contributed by atoms with Crippen molar-refractivity contribution in [3.63, 3.8) is 0 Å². The van der Waals surface area contributed by atoms with Crippen LogP contribution in [0, 0.1) is 6.92 Å². The average molecular weight is 429 g/mol. The zero-order valence-corrected chi connectivity index (χ0v) is 17.6. The molecule has 0 saturated heterocycles. The van der Waals surface area contributed by atoms with Crippen LogP contribution in [0.15, 0.2) is 41.1 Å². The summed E-state index contributed by atoms with van der Waals surface area (Å²) in [6.07, 6.45) is 0.387. The molecular formula is C20H20N4O3S2. The molecule has 3 amide bonds. The number of thiophene rings is 1. The van der Waals surface area contributed by atoms with Gasteiger partial charge in [0.25, 0.3) is 0 Å². The molecule has 3 aromatic rings. The van der Waals surface area contributed by atoms with Gasteiger partial charge in [-0.25, -0.2) is 4.98 Å². The van der Waals surface area contributed by atoms with Gasteiger partial charge in [-0.3, -0.25) is 14.4 Å². The molecule has 1 aromatic carbocycles. The van der Waals surface area contributed by atoms with Crippen LogP contribution in [0.4, 0.5) is 16.5 Å². The van der Waals surface area contributed by atoms with Crippen molar-refractivity contribution in [1.82, 2.24) is 4.98 Å². The third-order valence-corrected chi connectivity index (χ3v) is 5.57. The van der Waals surface area contributed by atoms with Gasteiger partial charge in [0, 0.05) is 28.6 Å². The molecule has 0 aliphatic heterocycles. The van der Waals surface area contributed by atoms with Crippen molar-refractivity contribution in [1.29, 1.82) is 0 Å². The third-order valence-electron chi connectivity index (χ3n) is 3.89. The van der Waals surface area contributed by atoms with Gasteiger partial charge in [0.2, 0.25) is 17.7 Å². The van der Waals surface area contributed by atoms with Gasteiger partial charge in [-0.05, 0) is 36.1 Å². The van der Waals surface area contributed by atoms with E-state index in [1.807, 2.05) is 30.5 Å². The normalized spacial score (nSPS) is 10.4. The minimum Gasteiger partial charge on any atom is -0.326 e. The molecule has 29 heavy (non-hydrogen) atoms. The molecular weight excluding hydrogens is 408 g/mol. The summed E-state index contributed by atoms with van der Waals surface area (Å²) in [5, 5.41) is 12.4. The lowest BCUT2D eigenvalue weighted by Crippen LogP contribution is -2.16. The topological polar surface area (TPSA) is 100 Å². The number of amides is 3. The number of nitrogens with one attached hydrogen (secondary N) is 3. The number of aromatic nitrogens is 1. The second kappa shape index (κ2) is 9.44. The second-order valence-corrected chi connectivity index (χ2v) is 8.27. The summed E-state index contributed by atoms with van der Waals surface area (Å²) in [6.45, 7) is 3.30. The number of hydrogen-bond acceptors (Lipinski definition) is 6. The first kappa shape index (κ1) is 20.7. The first-order valence-corrected chi connectivity index (χ1v) is 10.6. The number of carbonyl (C=O) groups excluding carboxylic acids is 3. The number of rotatable bonds is 7. The smallest absolute Gasteiger partial charge is 0.231 e. The van der Waals surface area contributed by atoms with Gasteiger partial charge in [0.1, 0.15) is 0 Å². The molecule has 0 unspecified atom stereocenters. The fourth-order valence-electron chi connectivity index (χ4n) is 2.58. The van der Waals surface area contributed by atoms with Crippen LogP contribution in [0.1, 0.15) is 23.1 Å². The largest absolute Gasteiger partial charge is 0.326 e. The summed E-state index contributed by atoms with van der Waals surface area (Å²) in [7, 11) is 0. The van der Waals surface area contributed by atoms with Gasteiger partial charge < -0.3 is 16.0 Å². The molecule has 0 bridgehead atoms. The number of hydrogen-bond donors (Lipinski definition) is 3. The predicted molar refractivity (Wildman–Crippen MR) is 117 cm³/mol. The molecule has 3 rings (SSSR count). The number of benzene rings is 1. The minimum atomic E-state index is -0.227. The van der Waals surface area contributed by atoms with Crippen molar-refractivity contribution in [3.8, 4) is 0 Å². The first-order chi connectivity index (χ1) is 13.9. The summed E-state index contributed by atoms with van der Waals surface area (Å²) in [6, 6.07) is 9.13. The fraction of sp³-hybridized carbons (Fsp3) is 0.200. The van der Waals surface area contributed by atoms with Crippen molar-refractivity contribution >= 4 is 56.9 Å². The van der Waals surface area contributed by atoms with Gasteiger partial charge >= 0.3 is 0 Å². The molecule has 0 fully saturated rings. The predicted octanol–water partition coefficient (Wildman–Crippen LogP) is 3.83. The van der Waals surface area contributed by atoms with Gasteiger partial charge in [-0.2, -0.15) is 0 Å². The lowest BCUT2D eigenvalue weighted by molar-refractivity contribution is -0.116. The van der Waals surface area contributed by atoms with Crippen molar-refractivity contribution in [3.05, 3.63) is 57.2 Å². The maximum atomic E-state index is 12.4. The number of carbonyl (C=O) groups is 3. The minimum absolute atomic E-state index is 0.0844. The molecule has 0 atom stereocenters. The first-order valence-electron chi connectivity index (χ1n) is 8.84. The van der Waals surface area contributed by atoms with Crippen LogP contribution in [0.3, 0.4) is 0 Å². The van der Waals surface area contributed by atoms with E-state index in [-0.39, 0.29) is 24.1 Å². The Labute approximate surface area is 176 Å². The van der Waals surface area contributed by atoms with E-state index in [0.717, 1.165) is 10.4 Å². The van der Waals surface area contributed by atoms with Gasteiger partial charge in [-0.15, -0.1) is 22.7 Å². The highest BCUT2D eigenvalue weighted by atomic mass is 32.1. The van der Waals surface area contributed by atoms with E-state index in [1.54, 1.807) is 17.5 Å². The van der Waals surface area contributed by atoms with Crippen LogP contribution in [-0.4, -0.2) is 22.7 Å². The zero-order chi connectivity index (χ0) is 20.8. The quantitative estimate of drug-likeness (QED) is 0.532. The van der Waals surface area contributed by atoms with Crippen LogP contribution in [-0.2, 0) is 27.2 Å². The van der Waals surface area contributed by atoms with Crippen LogP contribution in [0.2, 0.25) is 0 Å². The Hall–Kier alpha value is -3.04.